The van der Waals surface area contributed by atoms with Gasteiger partial charge in [-0.2, -0.15) is 0 Å². The Morgan fingerprint density at radius 1 is 1.30 bits per heavy atom. The van der Waals surface area contributed by atoms with Crippen molar-refractivity contribution in [2.24, 2.45) is 0 Å². The van der Waals surface area contributed by atoms with E-state index in [9.17, 15) is 9.18 Å². The molecule has 3 nitrogen and oxygen atoms in total. The Labute approximate surface area is 124 Å². The molecule has 5 heteroatoms. The monoisotopic (exact) mass is 298 g/mol. The van der Waals surface area contributed by atoms with Gasteiger partial charge in [0, 0.05) is 23.7 Å². The van der Waals surface area contributed by atoms with Crippen molar-refractivity contribution in [2.45, 2.75) is 50.7 Å². The summed E-state index contributed by atoms with van der Waals surface area (Å²) in [7, 11) is 0. The lowest BCUT2D eigenvalue weighted by molar-refractivity contribution is 0.0923. The summed E-state index contributed by atoms with van der Waals surface area (Å²) in [6.45, 7) is 1.77. The molecule has 3 rings (SSSR count). The number of hydrogen-bond donors (Lipinski definition) is 2. The average molecular weight is 299 g/mol. The van der Waals surface area contributed by atoms with Crippen LogP contribution in [-0.4, -0.2) is 24.0 Å². The van der Waals surface area contributed by atoms with Crippen LogP contribution < -0.4 is 10.6 Å². The lowest BCUT2D eigenvalue weighted by atomic mass is 9.99. The number of rotatable bonds is 2. The van der Waals surface area contributed by atoms with E-state index >= 15 is 0 Å². The number of benzene rings is 1. The van der Waals surface area contributed by atoms with Crippen LogP contribution in [0.2, 0.25) is 0 Å². The molecule has 2 saturated heterocycles. The van der Waals surface area contributed by atoms with Gasteiger partial charge in [0.15, 0.2) is 0 Å². The minimum Gasteiger partial charge on any atom is -0.349 e. The van der Waals surface area contributed by atoms with Crippen LogP contribution >= 0.6 is 12.4 Å². The predicted octanol–water partition coefficient (Wildman–Crippen LogP) is 2.57. The van der Waals surface area contributed by atoms with Crippen LogP contribution in [0.1, 0.15) is 41.6 Å². The van der Waals surface area contributed by atoms with Crippen LogP contribution in [-0.2, 0) is 0 Å². The second kappa shape index (κ2) is 6.10. The number of carbonyl (C=O) groups excluding carboxylic acids is 1. The van der Waals surface area contributed by atoms with Gasteiger partial charge in [-0.05, 0) is 56.4 Å². The topological polar surface area (TPSA) is 41.1 Å². The maximum absolute atomic E-state index is 13.0. The van der Waals surface area contributed by atoms with Gasteiger partial charge in [0.25, 0.3) is 5.91 Å². The van der Waals surface area contributed by atoms with E-state index in [-0.39, 0.29) is 30.2 Å². The van der Waals surface area contributed by atoms with Gasteiger partial charge in [0.1, 0.15) is 5.82 Å². The molecule has 1 aromatic carbocycles. The fraction of sp³-hybridized carbons (Fsp3) is 0.533. The molecule has 2 fully saturated rings. The van der Waals surface area contributed by atoms with Crippen molar-refractivity contribution < 1.29 is 9.18 Å². The highest BCUT2D eigenvalue weighted by Gasteiger charge is 2.34. The van der Waals surface area contributed by atoms with Gasteiger partial charge in [0.2, 0.25) is 0 Å². The van der Waals surface area contributed by atoms with Crippen molar-refractivity contribution in [3.8, 4) is 0 Å². The summed E-state index contributed by atoms with van der Waals surface area (Å²) in [4.78, 5) is 12.2. The molecule has 110 valence electrons. The maximum Gasteiger partial charge on any atom is 0.251 e. The largest absolute Gasteiger partial charge is 0.349 e. The number of halogens is 2. The Hall–Kier alpha value is -1.13. The van der Waals surface area contributed by atoms with E-state index in [2.05, 4.69) is 10.6 Å². The van der Waals surface area contributed by atoms with E-state index in [0.717, 1.165) is 12.8 Å². The molecule has 2 aliphatic heterocycles. The third-order valence-electron chi connectivity index (χ3n) is 4.24. The molecule has 2 aliphatic rings. The molecule has 2 unspecified atom stereocenters. The molecule has 20 heavy (non-hydrogen) atoms. The van der Waals surface area contributed by atoms with Gasteiger partial charge in [-0.15, -0.1) is 12.4 Å². The van der Waals surface area contributed by atoms with Gasteiger partial charge in [-0.25, -0.2) is 4.39 Å². The standard InChI is InChI=1S/C15H19FN2O.ClH/c1-9-6-10(16)2-5-14(9)15(19)18-13-7-11-3-4-12(8-13)17-11;/h2,5-6,11-13,17H,3-4,7-8H2,1H3,(H,18,19);1H. The number of fused-ring (bicyclic) bond motifs is 2. The second-order valence-electron chi connectivity index (χ2n) is 5.74. The zero-order chi connectivity index (χ0) is 13.4. The molecule has 2 heterocycles. The fourth-order valence-electron chi connectivity index (χ4n) is 3.32. The number of amides is 1. The SMILES string of the molecule is Cc1cc(F)ccc1C(=O)NC1CC2CCC(C1)N2.Cl. The van der Waals surface area contributed by atoms with Crippen LogP contribution in [0.4, 0.5) is 4.39 Å². The predicted molar refractivity (Wildman–Crippen MR) is 78.8 cm³/mol. The van der Waals surface area contributed by atoms with Crippen molar-refractivity contribution >= 4 is 18.3 Å². The highest BCUT2D eigenvalue weighted by atomic mass is 35.5. The van der Waals surface area contributed by atoms with Crippen molar-refractivity contribution in [2.75, 3.05) is 0 Å². The van der Waals surface area contributed by atoms with Gasteiger partial charge in [-0.1, -0.05) is 0 Å². The number of hydrogen-bond acceptors (Lipinski definition) is 2. The molecule has 0 saturated carbocycles. The van der Waals surface area contributed by atoms with Crippen LogP contribution in [0, 0.1) is 12.7 Å². The molecule has 0 radical (unpaired) electrons. The zero-order valence-corrected chi connectivity index (χ0v) is 12.3. The summed E-state index contributed by atoms with van der Waals surface area (Å²) >= 11 is 0. The van der Waals surface area contributed by atoms with E-state index in [0.29, 0.717) is 23.2 Å². The maximum atomic E-state index is 13.0. The minimum absolute atomic E-state index is 0. The molecular formula is C15H20ClFN2O. The van der Waals surface area contributed by atoms with E-state index < -0.39 is 0 Å². The van der Waals surface area contributed by atoms with E-state index in [4.69, 9.17) is 0 Å². The summed E-state index contributed by atoms with van der Waals surface area (Å²) in [5, 5.41) is 6.65. The van der Waals surface area contributed by atoms with Crippen molar-refractivity contribution in [1.29, 1.82) is 0 Å². The lowest BCUT2D eigenvalue weighted by Crippen LogP contribution is -2.48. The quantitative estimate of drug-likeness (QED) is 0.881. The lowest BCUT2D eigenvalue weighted by Gasteiger charge is -2.29. The first-order valence-corrected chi connectivity index (χ1v) is 6.95. The van der Waals surface area contributed by atoms with Gasteiger partial charge < -0.3 is 10.6 Å². The van der Waals surface area contributed by atoms with Gasteiger partial charge in [0.05, 0.1) is 0 Å². The summed E-state index contributed by atoms with van der Waals surface area (Å²) in [6.07, 6.45) is 4.43. The Morgan fingerprint density at radius 3 is 2.55 bits per heavy atom. The molecule has 0 aromatic heterocycles. The van der Waals surface area contributed by atoms with E-state index in [1.807, 2.05) is 0 Å². The highest BCUT2D eigenvalue weighted by Crippen LogP contribution is 2.27. The van der Waals surface area contributed by atoms with Crippen molar-refractivity contribution in [3.05, 3.63) is 35.1 Å². The number of aryl methyl sites for hydroxylation is 1. The van der Waals surface area contributed by atoms with Crippen LogP contribution in [0.15, 0.2) is 18.2 Å². The second-order valence-corrected chi connectivity index (χ2v) is 5.74. The molecule has 1 amide bonds. The van der Waals surface area contributed by atoms with Crippen LogP contribution in [0.25, 0.3) is 0 Å². The average Bonchev–Trinajstić information content (AvgIpc) is 2.68. The first kappa shape index (κ1) is 15.3. The minimum atomic E-state index is -0.297. The normalized spacial score (nSPS) is 27.8. The first-order chi connectivity index (χ1) is 9.11. The molecule has 2 N–H and O–H groups in total. The Morgan fingerprint density at radius 2 is 1.95 bits per heavy atom. The van der Waals surface area contributed by atoms with E-state index in [1.54, 1.807) is 13.0 Å². The number of nitrogens with one attached hydrogen (secondary N) is 2. The molecule has 1 aromatic rings. The first-order valence-electron chi connectivity index (χ1n) is 6.95. The van der Waals surface area contributed by atoms with Crippen molar-refractivity contribution in [1.82, 2.24) is 10.6 Å². The number of carbonyl (C=O) groups is 1. The Bertz CT molecular complexity index is 497. The van der Waals surface area contributed by atoms with Crippen LogP contribution in [0.3, 0.4) is 0 Å². The fourth-order valence-corrected chi connectivity index (χ4v) is 3.32. The van der Waals surface area contributed by atoms with E-state index in [1.165, 1.54) is 25.0 Å². The third kappa shape index (κ3) is 3.13. The Balaban J connectivity index is 0.00000147. The van der Waals surface area contributed by atoms with Crippen LogP contribution in [0.5, 0.6) is 0 Å². The molecular weight excluding hydrogens is 279 g/mol. The van der Waals surface area contributed by atoms with Gasteiger partial charge >= 0.3 is 0 Å². The smallest absolute Gasteiger partial charge is 0.251 e. The summed E-state index contributed by atoms with van der Waals surface area (Å²) < 4.78 is 13.0. The molecule has 2 atom stereocenters. The summed E-state index contributed by atoms with van der Waals surface area (Å²) in [5.41, 5.74) is 1.27. The number of piperidine rings is 1. The zero-order valence-electron chi connectivity index (χ0n) is 11.5. The third-order valence-corrected chi connectivity index (χ3v) is 4.24. The molecule has 0 aliphatic carbocycles. The highest BCUT2D eigenvalue weighted by molar-refractivity contribution is 5.95. The Kier molecular flexibility index (Phi) is 4.66. The molecule has 0 spiro atoms. The summed E-state index contributed by atoms with van der Waals surface area (Å²) in [6, 6.07) is 5.66. The molecule has 2 bridgehead atoms. The summed E-state index contributed by atoms with van der Waals surface area (Å²) in [5.74, 6) is -0.377. The van der Waals surface area contributed by atoms with Gasteiger partial charge in [-0.3, -0.25) is 4.79 Å². The van der Waals surface area contributed by atoms with Crippen molar-refractivity contribution in [3.63, 3.8) is 0 Å².